The highest BCUT2D eigenvalue weighted by atomic mass is 16.6. The number of nitro groups is 1. The minimum atomic E-state index is -0.645. The summed E-state index contributed by atoms with van der Waals surface area (Å²) in [5.41, 5.74) is 0.296. The standard InChI is InChI=1S/C19H17N5O4/c1-13-12-17(25)18(19(26)21-11-9-14-6-4-5-10-20-14)22-23(13)15-7-2-3-8-16(15)24(27)28/h2-8,10,12H,9,11H2,1H3,(H,21,26). The fourth-order valence-electron chi connectivity index (χ4n) is 2.68. The fraction of sp³-hybridized carbons (Fsp3) is 0.158. The smallest absolute Gasteiger partial charge is 0.294 e. The van der Waals surface area contributed by atoms with Crippen LogP contribution in [0, 0.1) is 17.0 Å². The number of benzene rings is 1. The summed E-state index contributed by atoms with van der Waals surface area (Å²) in [6, 6.07) is 12.7. The van der Waals surface area contributed by atoms with Crippen LogP contribution in [0.25, 0.3) is 5.69 Å². The molecule has 0 fully saturated rings. The van der Waals surface area contributed by atoms with Crippen molar-refractivity contribution in [2.24, 2.45) is 0 Å². The second kappa shape index (κ2) is 8.21. The zero-order valence-corrected chi connectivity index (χ0v) is 15.0. The minimum Gasteiger partial charge on any atom is -0.350 e. The highest BCUT2D eigenvalue weighted by Gasteiger charge is 2.19. The molecule has 1 N–H and O–H groups in total. The van der Waals surface area contributed by atoms with E-state index in [4.69, 9.17) is 0 Å². The highest BCUT2D eigenvalue weighted by Crippen LogP contribution is 2.22. The molecule has 0 aliphatic rings. The predicted molar refractivity (Wildman–Crippen MR) is 101 cm³/mol. The zero-order chi connectivity index (χ0) is 20.1. The molecule has 0 atom stereocenters. The number of nitro benzene ring substituents is 1. The Balaban J connectivity index is 1.87. The Labute approximate surface area is 159 Å². The molecule has 9 nitrogen and oxygen atoms in total. The lowest BCUT2D eigenvalue weighted by Crippen LogP contribution is -2.33. The monoisotopic (exact) mass is 379 g/mol. The van der Waals surface area contributed by atoms with E-state index < -0.39 is 16.3 Å². The Kier molecular flexibility index (Phi) is 5.54. The summed E-state index contributed by atoms with van der Waals surface area (Å²) >= 11 is 0. The Morgan fingerprint density at radius 2 is 1.96 bits per heavy atom. The van der Waals surface area contributed by atoms with Gasteiger partial charge in [0.25, 0.3) is 11.6 Å². The molecule has 142 valence electrons. The summed E-state index contributed by atoms with van der Waals surface area (Å²) in [6.07, 6.45) is 2.15. The predicted octanol–water partition coefficient (Wildman–Crippen LogP) is 1.82. The average Bonchev–Trinajstić information content (AvgIpc) is 2.69. The summed E-state index contributed by atoms with van der Waals surface area (Å²) in [7, 11) is 0. The number of nitrogens with one attached hydrogen (secondary N) is 1. The number of nitrogens with zero attached hydrogens (tertiary/aromatic N) is 4. The molecule has 0 saturated carbocycles. The van der Waals surface area contributed by atoms with Gasteiger partial charge < -0.3 is 5.32 Å². The molecule has 28 heavy (non-hydrogen) atoms. The lowest BCUT2D eigenvalue weighted by atomic mass is 10.2. The lowest BCUT2D eigenvalue weighted by Gasteiger charge is -2.11. The molecule has 9 heteroatoms. The van der Waals surface area contributed by atoms with E-state index in [0.717, 1.165) is 5.69 Å². The maximum atomic E-state index is 12.4. The van der Waals surface area contributed by atoms with Gasteiger partial charge in [-0.3, -0.25) is 24.7 Å². The van der Waals surface area contributed by atoms with Gasteiger partial charge in [0.15, 0.2) is 5.69 Å². The third-order valence-electron chi connectivity index (χ3n) is 4.02. The van der Waals surface area contributed by atoms with Crippen molar-refractivity contribution in [3.05, 3.63) is 92.1 Å². The molecule has 0 saturated heterocycles. The van der Waals surface area contributed by atoms with Gasteiger partial charge >= 0.3 is 0 Å². The van der Waals surface area contributed by atoms with Crippen LogP contribution in [0.1, 0.15) is 21.9 Å². The number of hydrogen-bond donors (Lipinski definition) is 1. The molecule has 0 radical (unpaired) electrons. The maximum absolute atomic E-state index is 12.4. The van der Waals surface area contributed by atoms with E-state index in [9.17, 15) is 19.7 Å². The summed E-state index contributed by atoms with van der Waals surface area (Å²) < 4.78 is 1.23. The van der Waals surface area contributed by atoms with Gasteiger partial charge in [-0.05, 0) is 25.1 Å². The van der Waals surface area contributed by atoms with Gasteiger partial charge in [-0.1, -0.05) is 18.2 Å². The number of pyridine rings is 1. The van der Waals surface area contributed by atoms with E-state index in [-0.39, 0.29) is 23.6 Å². The SMILES string of the molecule is Cc1cc(=O)c(C(=O)NCCc2ccccn2)nn1-c1ccccc1[N+](=O)[O-]. The van der Waals surface area contributed by atoms with Crippen molar-refractivity contribution in [2.75, 3.05) is 6.54 Å². The zero-order valence-electron chi connectivity index (χ0n) is 15.0. The summed E-state index contributed by atoms with van der Waals surface area (Å²) in [5.74, 6) is -0.645. The van der Waals surface area contributed by atoms with E-state index >= 15 is 0 Å². The van der Waals surface area contributed by atoms with Crippen LogP contribution in [0.5, 0.6) is 0 Å². The van der Waals surface area contributed by atoms with Crippen molar-refractivity contribution in [2.45, 2.75) is 13.3 Å². The number of carbonyl (C=O) groups is 1. The van der Waals surface area contributed by atoms with Gasteiger partial charge in [-0.2, -0.15) is 5.10 Å². The third-order valence-corrected chi connectivity index (χ3v) is 4.02. The van der Waals surface area contributed by atoms with Crippen LogP contribution < -0.4 is 10.7 Å². The van der Waals surface area contributed by atoms with E-state index in [1.54, 1.807) is 25.3 Å². The number of aromatic nitrogens is 3. The van der Waals surface area contributed by atoms with Crippen LogP contribution in [0.2, 0.25) is 0 Å². The van der Waals surface area contributed by atoms with Crippen LogP contribution in [0.15, 0.2) is 59.5 Å². The Hall–Kier alpha value is -3.88. The first-order chi connectivity index (χ1) is 13.5. The number of aryl methyl sites for hydroxylation is 1. The average molecular weight is 379 g/mol. The second-order valence-corrected chi connectivity index (χ2v) is 5.98. The first kappa shape index (κ1) is 18.9. The molecular formula is C19H17N5O4. The maximum Gasteiger partial charge on any atom is 0.294 e. The van der Waals surface area contributed by atoms with E-state index in [1.807, 2.05) is 12.1 Å². The van der Waals surface area contributed by atoms with E-state index in [2.05, 4.69) is 15.4 Å². The highest BCUT2D eigenvalue weighted by molar-refractivity contribution is 5.92. The van der Waals surface area contributed by atoms with Gasteiger partial charge in [0.05, 0.1) is 4.92 Å². The molecule has 2 heterocycles. The lowest BCUT2D eigenvalue weighted by molar-refractivity contribution is -0.384. The largest absolute Gasteiger partial charge is 0.350 e. The number of hydrogen-bond acceptors (Lipinski definition) is 6. The van der Waals surface area contributed by atoms with E-state index in [0.29, 0.717) is 12.1 Å². The summed E-state index contributed by atoms with van der Waals surface area (Å²) in [4.78, 5) is 39.6. The second-order valence-electron chi connectivity index (χ2n) is 5.98. The first-order valence-corrected chi connectivity index (χ1v) is 8.50. The Morgan fingerprint density at radius 1 is 1.21 bits per heavy atom. The van der Waals surface area contributed by atoms with Gasteiger partial charge in [0.1, 0.15) is 5.69 Å². The van der Waals surface area contributed by atoms with Crippen LogP contribution in [-0.4, -0.2) is 32.1 Å². The van der Waals surface area contributed by atoms with Gasteiger partial charge in [0, 0.05) is 42.7 Å². The van der Waals surface area contributed by atoms with Crippen molar-refractivity contribution >= 4 is 11.6 Å². The van der Waals surface area contributed by atoms with Gasteiger partial charge in [-0.25, -0.2) is 4.68 Å². The molecule has 3 rings (SSSR count). The summed E-state index contributed by atoms with van der Waals surface area (Å²) in [6.45, 7) is 1.87. The topological polar surface area (TPSA) is 120 Å². The summed E-state index contributed by atoms with van der Waals surface area (Å²) in [5, 5.41) is 18.0. The molecule has 1 aromatic carbocycles. The normalized spacial score (nSPS) is 10.5. The quantitative estimate of drug-likeness (QED) is 0.515. The number of carbonyl (C=O) groups excluding carboxylic acids is 1. The number of para-hydroxylation sites is 2. The van der Waals surface area contributed by atoms with Crippen LogP contribution in [0.3, 0.4) is 0 Å². The Morgan fingerprint density at radius 3 is 2.68 bits per heavy atom. The molecule has 3 aromatic rings. The van der Waals surface area contributed by atoms with Crippen molar-refractivity contribution in [3.63, 3.8) is 0 Å². The van der Waals surface area contributed by atoms with E-state index in [1.165, 1.54) is 28.9 Å². The van der Waals surface area contributed by atoms with Crippen molar-refractivity contribution in [3.8, 4) is 5.69 Å². The van der Waals surface area contributed by atoms with Crippen molar-refractivity contribution in [1.29, 1.82) is 0 Å². The van der Waals surface area contributed by atoms with Crippen LogP contribution in [0.4, 0.5) is 5.69 Å². The van der Waals surface area contributed by atoms with Crippen LogP contribution >= 0.6 is 0 Å². The fourth-order valence-corrected chi connectivity index (χ4v) is 2.68. The molecule has 0 aliphatic heterocycles. The third kappa shape index (κ3) is 4.09. The van der Waals surface area contributed by atoms with Crippen molar-refractivity contribution < 1.29 is 9.72 Å². The van der Waals surface area contributed by atoms with Gasteiger partial charge in [0.2, 0.25) is 5.43 Å². The molecular weight excluding hydrogens is 362 g/mol. The molecule has 2 aromatic heterocycles. The number of amides is 1. The Bertz CT molecular complexity index is 1080. The molecule has 0 spiro atoms. The van der Waals surface area contributed by atoms with Crippen molar-refractivity contribution in [1.82, 2.24) is 20.1 Å². The molecule has 0 unspecified atom stereocenters. The number of rotatable bonds is 6. The minimum absolute atomic E-state index is 0.174. The molecule has 1 amide bonds. The first-order valence-electron chi connectivity index (χ1n) is 8.50. The molecule has 0 aliphatic carbocycles. The van der Waals surface area contributed by atoms with Crippen LogP contribution in [-0.2, 0) is 6.42 Å². The van der Waals surface area contributed by atoms with Gasteiger partial charge in [-0.15, -0.1) is 0 Å². The molecule has 0 bridgehead atoms.